The normalized spacial score (nSPS) is 14.6. The highest BCUT2D eigenvalue weighted by Crippen LogP contribution is 2.53. The van der Waals surface area contributed by atoms with E-state index in [9.17, 15) is 40.6 Å². The van der Waals surface area contributed by atoms with Gasteiger partial charge in [-0.1, -0.05) is 251 Å². The number of hydrogen-bond donors (Lipinski definition) is 1. The maximum absolute atomic E-state index is 14.8. The number of carbonyl (C=O) groups is 1. The van der Waals surface area contributed by atoms with E-state index >= 15 is 0 Å². The predicted molar refractivity (Wildman–Crippen MR) is 591 cm³/mol. The number of esters is 1. The molecule has 2 aliphatic carbocycles. The number of benzene rings is 14. The number of carbonyl (C=O) groups excluding carboxylic acids is 1. The molecule has 0 amide bonds. The van der Waals surface area contributed by atoms with Gasteiger partial charge in [-0.05, 0) is 268 Å². The van der Waals surface area contributed by atoms with Gasteiger partial charge in [0.25, 0.3) is 0 Å². The fraction of sp³-hybridized carbons (Fsp3) is 0.220. The van der Waals surface area contributed by atoms with Crippen LogP contribution in [0, 0.1) is 45.5 Å². The molecule has 22 rings (SSSR count). The first-order valence-electron chi connectivity index (χ1n) is 50.6. The quantitative estimate of drug-likeness (QED) is 0.0390. The molecule has 6 aliphatic heterocycles. The topological polar surface area (TPSA) is 98.9 Å². The Kier molecular flexibility index (Phi) is 34.1. The number of alkyl halides is 3. The minimum Gasteiger partial charge on any atom is -0.508 e. The van der Waals surface area contributed by atoms with Crippen LogP contribution in [0.4, 0.5) is 36.4 Å². The Hall–Kier alpha value is -15.5. The molecule has 0 saturated carbocycles. The third-order valence-electron chi connectivity index (χ3n) is 28.0. The number of nitrogens with zero attached hydrogens (tertiary/aromatic N) is 2. The van der Waals surface area contributed by atoms with Crippen LogP contribution in [0.2, 0.25) is 0 Å². The van der Waals surface area contributed by atoms with Gasteiger partial charge < -0.3 is 60.7 Å². The van der Waals surface area contributed by atoms with Gasteiger partial charge in [-0.25, -0.2) is 26.9 Å². The standard InChI is InChI=1S/C30H31N2O2.C26H21F5O2.C25H22F2O2.C25H24O.C23H20O.3CH3/c1-30(2)26-18-20(31-14-6-15-31)10-12-24(26)28(22-8-4-5-9-23(22)29(33)34-3)25-13-11-21(19-27(25)30)32-16-7-17-32;1-3-4-16-11-23-19(13-21(16)27)25(15-5-7-18(32-2)8-6-15)20-14-22(28)17(12-24(20)33-23)9-10-26(29,30)31;1-3-5-16-11-23-19(13-21(16)26)25(15-7-9-18(28)10-8-15)20-14-22(27)17(6-4-2)12-24(20)29-23;1-3-8-18-12-14-21-23(16-18)26-24-17-19(9-4-2)13-15-22(24)25(21)20-10-6-5-7-11-20;1-3-16-10-12-19-21(14-16)24-22-15-17(4-2)11-13-20(22)23(19)18-8-6-5-7-9-18;;;/h4-5,8-13,18-19H,6-7,14-17H2,1-3H3;5-9,11-14H,3-4,10H2,1-2H3;5,7-14,28H,3-4,6H2,1-2H3;5-8,10-17H,3-4,9H2,1-2H3;3,5-15H,4H2,1-2H3;3*1H3/q+1;;;;;3*-1/b;17-9-;16-5-;18-8+;16-3+;;;. The van der Waals surface area contributed by atoms with E-state index in [1.807, 2.05) is 45.0 Å². The van der Waals surface area contributed by atoms with Crippen LogP contribution in [-0.2, 0) is 35.8 Å². The lowest BCUT2D eigenvalue weighted by molar-refractivity contribution is -0.582. The van der Waals surface area contributed by atoms with Gasteiger partial charge in [0, 0.05) is 112 Å². The van der Waals surface area contributed by atoms with E-state index in [2.05, 4.69) is 239 Å². The summed E-state index contributed by atoms with van der Waals surface area (Å²) in [4.78, 5) is 15.2. The Morgan fingerprint density at radius 2 is 0.926 bits per heavy atom. The highest BCUT2D eigenvalue weighted by atomic mass is 19.4. The Labute approximate surface area is 870 Å². The molecule has 1 N–H and O–H groups in total. The van der Waals surface area contributed by atoms with E-state index in [0.29, 0.717) is 102 Å². The molecule has 10 nitrogen and oxygen atoms in total. The minimum atomic E-state index is -4.46. The molecule has 6 heterocycles. The number of halogens is 7. The van der Waals surface area contributed by atoms with E-state index in [1.165, 1.54) is 145 Å². The summed E-state index contributed by atoms with van der Waals surface area (Å²) in [6.07, 6.45) is 18.2. The Balaban J connectivity index is 0.000000139. The summed E-state index contributed by atoms with van der Waals surface area (Å²) in [6, 6.07) is 87.4. The third-order valence-corrected chi connectivity index (χ3v) is 28.0. The van der Waals surface area contributed by atoms with Crippen molar-refractivity contribution in [2.75, 3.05) is 45.3 Å². The maximum atomic E-state index is 14.8. The van der Waals surface area contributed by atoms with Crippen molar-refractivity contribution >= 4 is 69.5 Å². The van der Waals surface area contributed by atoms with E-state index in [0.717, 1.165) is 122 Å². The van der Waals surface area contributed by atoms with Crippen LogP contribution >= 0.6 is 0 Å². The first kappa shape index (κ1) is 108. The molecule has 0 spiro atoms. The van der Waals surface area contributed by atoms with Crippen molar-refractivity contribution < 1.29 is 73.6 Å². The zero-order valence-corrected chi connectivity index (χ0v) is 87.2. The van der Waals surface area contributed by atoms with Crippen molar-refractivity contribution in [3.63, 3.8) is 0 Å². The molecule has 149 heavy (non-hydrogen) atoms. The monoisotopic (exact) mass is 2000 g/mol. The number of fused-ring (bicyclic) bond motifs is 10. The summed E-state index contributed by atoms with van der Waals surface area (Å²) in [7, 11) is 2.98. The summed E-state index contributed by atoms with van der Waals surface area (Å²) >= 11 is 0. The number of ether oxygens (including phenoxy) is 6. The Morgan fingerprint density at radius 1 is 0.443 bits per heavy atom. The molecule has 0 aromatic heterocycles. The zero-order valence-electron chi connectivity index (χ0n) is 87.2. The van der Waals surface area contributed by atoms with Crippen molar-refractivity contribution in [2.24, 2.45) is 0 Å². The number of phenols is 1. The van der Waals surface area contributed by atoms with Gasteiger partial charge in [0.1, 0.15) is 93.9 Å². The second kappa shape index (κ2) is 47.1. The Morgan fingerprint density at radius 3 is 1.42 bits per heavy atom. The number of methoxy groups -OCH3 is 2. The molecule has 2 saturated heterocycles. The summed E-state index contributed by atoms with van der Waals surface area (Å²) in [6.45, 7) is 23.6. The minimum absolute atomic E-state index is 0. The first-order chi connectivity index (χ1) is 70.8. The molecule has 764 valence electrons. The third kappa shape index (κ3) is 22.8. The van der Waals surface area contributed by atoms with Crippen LogP contribution < -0.4 is 70.3 Å². The van der Waals surface area contributed by atoms with Gasteiger partial charge in [0.05, 0.1) is 32.6 Å². The smallest absolute Gasteiger partial charge is 0.392 e. The van der Waals surface area contributed by atoms with E-state index in [4.69, 9.17) is 28.4 Å². The van der Waals surface area contributed by atoms with Crippen LogP contribution in [0.1, 0.15) is 207 Å². The fourth-order valence-corrected chi connectivity index (χ4v) is 20.3. The molecular formula is C132H127F7N2O8-2. The van der Waals surface area contributed by atoms with Crippen molar-refractivity contribution in [1.82, 2.24) is 0 Å². The average Bonchev–Trinajstić information content (AvgIpc) is 0.709. The number of rotatable bonds is 18. The van der Waals surface area contributed by atoms with Crippen LogP contribution in [0.15, 0.2) is 302 Å². The van der Waals surface area contributed by atoms with Gasteiger partial charge in [0.2, 0.25) is 0 Å². The molecule has 0 bridgehead atoms. The van der Waals surface area contributed by atoms with Crippen molar-refractivity contribution in [3.05, 3.63) is 479 Å². The molecule has 17 heteroatoms. The van der Waals surface area contributed by atoms with Gasteiger partial charge in [-0.3, -0.25) is 0 Å². The largest absolute Gasteiger partial charge is 0.508 e. The SMILES string of the molecule is C/C=c1\ccc2c(c1)Oc1cc(CC)ccc1C=2c1ccccc1.CC/C=c1/cc2c(cc1F)=C(c1ccc(O)cc1)c1cc(F)c(CCC)cc1O2.CC/C=c1\ccc2c(c1)Oc1cc(CCC)ccc1C=2c1ccccc1.CCCc1cc2c(cc1F)C(c1ccc(OC)cc1)=c1cc(F)/c(=C\CC(F)(F)F)cc1O2.COC(=O)c1ccccc1C1=C2C=CC(=[N+]3CCC3)C=C2C(C)(C)c2cc(N3CCC3)ccc21.[CH3-].[CH3-].[CH3-]. The molecule has 0 atom stereocenters. The zero-order chi connectivity index (χ0) is 102. The molecule has 14 aromatic carbocycles. The number of anilines is 1. The number of allylic oxidation sites excluding steroid dienone is 5. The van der Waals surface area contributed by atoms with Crippen LogP contribution in [0.3, 0.4) is 0 Å². The highest BCUT2D eigenvalue weighted by molar-refractivity contribution is 6.09. The van der Waals surface area contributed by atoms with Crippen molar-refractivity contribution in [1.29, 1.82) is 0 Å². The summed E-state index contributed by atoms with van der Waals surface area (Å²) < 4.78 is 135. The van der Waals surface area contributed by atoms with Gasteiger partial charge in [0.15, 0.2) is 5.71 Å². The predicted octanol–water partition coefficient (Wildman–Crippen LogP) is 27.2. The van der Waals surface area contributed by atoms with Crippen LogP contribution in [0.25, 0.3) is 52.2 Å². The van der Waals surface area contributed by atoms with E-state index in [-0.39, 0.29) is 62.0 Å². The summed E-state index contributed by atoms with van der Waals surface area (Å²) in [5, 5.41) is 15.6. The molecule has 8 aliphatic rings. The van der Waals surface area contributed by atoms with Crippen molar-refractivity contribution in [2.45, 2.75) is 151 Å². The van der Waals surface area contributed by atoms with Gasteiger partial charge >= 0.3 is 12.1 Å². The number of aryl methyl sites for hydroxylation is 4. The molecule has 0 unspecified atom stereocenters. The number of aromatic hydroxyl groups is 1. The molecular weight excluding hydrogens is 1870 g/mol. The van der Waals surface area contributed by atoms with Crippen molar-refractivity contribution in [3.8, 4) is 57.5 Å². The van der Waals surface area contributed by atoms with Crippen LogP contribution in [-0.4, -0.2) is 67.9 Å². The first-order valence-corrected chi connectivity index (χ1v) is 50.6. The second-order valence-electron chi connectivity index (χ2n) is 38.0. The lowest BCUT2D eigenvalue weighted by Gasteiger charge is -2.41. The lowest BCUT2D eigenvalue weighted by atomic mass is 9.64. The second-order valence-corrected chi connectivity index (χ2v) is 38.0. The summed E-state index contributed by atoms with van der Waals surface area (Å²) in [5.74, 6) is 4.04. The van der Waals surface area contributed by atoms with E-state index in [1.54, 1.807) is 66.7 Å². The van der Waals surface area contributed by atoms with E-state index < -0.39 is 24.2 Å². The maximum Gasteiger partial charge on any atom is 0.392 e. The summed E-state index contributed by atoms with van der Waals surface area (Å²) in [5.41, 5.74) is 24.8. The molecule has 0 radical (unpaired) electrons. The van der Waals surface area contributed by atoms with Crippen LogP contribution in [0.5, 0.6) is 57.5 Å². The molecule has 14 aromatic rings. The fourth-order valence-electron chi connectivity index (χ4n) is 20.3. The average molecular weight is 2000 g/mol. The number of hydrogen-bond acceptors (Lipinski definition) is 9. The lowest BCUT2D eigenvalue weighted by Crippen LogP contribution is -2.38. The molecule has 2 fully saturated rings. The highest BCUT2D eigenvalue weighted by Gasteiger charge is 2.41. The Bertz CT molecular complexity index is 8110. The number of phenolic OH excluding ortho intramolecular Hbond substituents is 1. The van der Waals surface area contributed by atoms with Gasteiger partial charge in [-0.15, -0.1) is 0 Å². The van der Waals surface area contributed by atoms with Gasteiger partial charge in [-0.2, -0.15) is 13.2 Å².